The van der Waals surface area contributed by atoms with E-state index in [-0.39, 0.29) is 4.87 Å². The lowest BCUT2D eigenvalue weighted by atomic mass is 10.2. The van der Waals surface area contributed by atoms with Gasteiger partial charge in [0.15, 0.2) is 0 Å². The molecule has 2 aromatic heterocycles. The molecule has 0 unspecified atom stereocenters. The topological polar surface area (TPSA) is 34.9 Å². The Bertz CT molecular complexity index is 700. The first-order chi connectivity index (χ1) is 8.34. The van der Waals surface area contributed by atoms with Crippen LogP contribution in [0.15, 0.2) is 53.6 Å². The summed E-state index contributed by atoms with van der Waals surface area (Å²) in [6.45, 7) is 0.603. The van der Waals surface area contributed by atoms with E-state index < -0.39 is 0 Å². The van der Waals surface area contributed by atoms with Gasteiger partial charge in [0, 0.05) is 12.4 Å². The second kappa shape index (κ2) is 4.14. The van der Waals surface area contributed by atoms with Crippen LogP contribution in [0.5, 0.6) is 0 Å². The Hall–Kier alpha value is -1.94. The third-order valence-corrected chi connectivity index (χ3v) is 3.62. The first-order valence-corrected chi connectivity index (χ1v) is 6.13. The Balaban J connectivity index is 2.12. The fraction of sp³-hybridized carbons (Fsp3) is 0.0769. The molecule has 0 amide bonds. The van der Waals surface area contributed by atoms with Gasteiger partial charge in [-0.15, -0.1) is 0 Å². The van der Waals surface area contributed by atoms with E-state index in [0.29, 0.717) is 6.54 Å². The molecule has 0 bridgehead atoms. The van der Waals surface area contributed by atoms with Crippen molar-refractivity contribution >= 4 is 21.6 Å². The number of thiazole rings is 1. The average molecular weight is 242 g/mol. The minimum Gasteiger partial charge on any atom is -0.294 e. The number of hydrogen-bond acceptors (Lipinski definition) is 3. The number of hydrogen-bond donors (Lipinski definition) is 0. The summed E-state index contributed by atoms with van der Waals surface area (Å²) < 4.78 is 2.83. The molecular weight excluding hydrogens is 232 g/mol. The van der Waals surface area contributed by atoms with Gasteiger partial charge in [-0.1, -0.05) is 23.5 Å². The normalized spacial score (nSPS) is 10.8. The first kappa shape index (κ1) is 10.2. The molecular formula is C13H10N2OS. The standard InChI is InChI=1S/C13H10N2OS/c16-13-15(9-10-5-7-14-8-6-10)11-3-1-2-4-12(11)17-13/h1-8H,9H2. The Morgan fingerprint density at radius 3 is 2.71 bits per heavy atom. The second-order valence-corrected chi connectivity index (χ2v) is 4.77. The number of nitrogens with zero attached hydrogens (tertiary/aromatic N) is 2. The Morgan fingerprint density at radius 2 is 1.88 bits per heavy atom. The monoisotopic (exact) mass is 242 g/mol. The van der Waals surface area contributed by atoms with Gasteiger partial charge >= 0.3 is 4.87 Å². The van der Waals surface area contributed by atoms with Crippen molar-refractivity contribution in [3.05, 3.63) is 64.0 Å². The minimum absolute atomic E-state index is 0.0861. The molecule has 0 aliphatic heterocycles. The summed E-state index contributed by atoms with van der Waals surface area (Å²) >= 11 is 1.29. The van der Waals surface area contributed by atoms with E-state index in [1.807, 2.05) is 36.4 Å². The number of aromatic nitrogens is 2. The van der Waals surface area contributed by atoms with Crippen molar-refractivity contribution < 1.29 is 0 Å². The second-order valence-electron chi connectivity index (χ2n) is 3.78. The zero-order valence-corrected chi connectivity index (χ0v) is 9.85. The van der Waals surface area contributed by atoms with Gasteiger partial charge in [-0.3, -0.25) is 14.3 Å². The first-order valence-electron chi connectivity index (χ1n) is 5.32. The summed E-state index contributed by atoms with van der Waals surface area (Å²) in [6, 6.07) is 11.7. The smallest absolute Gasteiger partial charge is 0.294 e. The van der Waals surface area contributed by atoms with Gasteiger partial charge in [-0.2, -0.15) is 0 Å². The number of benzene rings is 1. The lowest BCUT2D eigenvalue weighted by Gasteiger charge is -2.03. The van der Waals surface area contributed by atoms with Gasteiger partial charge in [-0.05, 0) is 29.8 Å². The maximum Gasteiger partial charge on any atom is 0.308 e. The fourth-order valence-corrected chi connectivity index (χ4v) is 2.73. The number of fused-ring (bicyclic) bond motifs is 1. The molecule has 2 heterocycles. The maximum atomic E-state index is 11.9. The molecule has 0 fully saturated rings. The molecule has 3 nitrogen and oxygen atoms in total. The maximum absolute atomic E-state index is 11.9. The molecule has 3 rings (SSSR count). The van der Waals surface area contributed by atoms with Crippen LogP contribution in [-0.2, 0) is 6.54 Å². The van der Waals surface area contributed by atoms with Gasteiger partial charge in [0.25, 0.3) is 0 Å². The molecule has 0 saturated carbocycles. The quantitative estimate of drug-likeness (QED) is 0.692. The summed E-state index contributed by atoms with van der Waals surface area (Å²) in [5, 5.41) is 0. The van der Waals surface area contributed by atoms with Gasteiger partial charge in [0.05, 0.1) is 16.8 Å². The predicted octanol–water partition coefficient (Wildman–Crippen LogP) is 2.51. The predicted molar refractivity (Wildman–Crippen MR) is 69.4 cm³/mol. The Labute approximate surface area is 102 Å². The molecule has 3 aromatic rings. The lowest BCUT2D eigenvalue weighted by Crippen LogP contribution is -2.13. The number of para-hydroxylation sites is 1. The molecule has 0 aliphatic carbocycles. The van der Waals surface area contributed by atoms with E-state index >= 15 is 0 Å². The van der Waals surface area contributed by atoms with E-state index in [4.69, 9.17) is 0 Å². The zero-order valence-electron chi connectivity index (χ0n) is 9.04. The highest BCUT2D eigenvalue weighted by atomic mass is 32.1. The van der Waals surface area contributed by atoms with Crippen molar-refractivity contribution in [2.45, 2.75) is 6.54 Å². The van der Waals surface area contributed by atoms with E-state index in [0.717, 1.165) is 15.8 Å². The largest absolute Gasteiger partial charge is 0.308 e. The number of pyridine rings is 1. The Morgan fingerprint density at radius 1 is 1.12 bits per heavy atom. The third kappa shape index (κ3) is 1.87. The van der Waals surface area contributed by atoms with E-state index in [9.17, 15) is 4.79 Å². The van der Waals surface area contributed by atoms with E-state index in [1.165, 1.54) is 11.3 Å². The van der Waals surface area contributed by atoms with Crippen LogP contribution < -0.4 is 4.87 Å². The van der Waals surface area contributed by atoms with Crippen LogP contribution in [0.2, 0.25) is 0 Å². The van der Waals surface area contributed by atoms with Crippen LogP contribution in [0.4, 0.5) is 0 Å². The highest BCUT2D eigenvalue weighted by Crippen LogP contribution is 2.17. The van der Waals surface area contributed by atoms with Crippen molar-refractivity contribution in [2.75, 3.05) is 0 Å². The minimum atomic E-state index is 0.0861. The van der Waals surface area contributed by atoms with Crippen molar-refractivity contribution in [2.24, 2.45) is 0 Å². The molecule has 0 aliphatic rings. The van der Waals surface area contributed by atoms with Crippen LogP contribution in [-0.4, -0.2) is 9.55 Å². The van der Waals surface area contributed by atoms with Crippen molar-refractivity contribution in [1.82, 2.24) is 9.55 Å². The molecule has 0 saturated heterocycles. The highest BCUT2D eigenvalue weighted by Gasteiger charge is 2.06. The summed E-state index contributed by atoms with van der Waals surface area (Å²) in [5.41, 5.74) is 2.09. The Kier molecular flexibility index (Phi) is 2.49. The van der Waals surface area contributed by atoms with Crippen LogP contribution in [0.1, 0.15) is 5.56 Å². The van der Waals surface area contributed by atoms with E-state index in [1.54, 1.807) is 17.0 Å². The van der Waals surface area contributed by atoms with Crippen LogP contribution in [0, 0.1) is 0 Å². The van der Waals surface area contributed by atoms with E-state index in [2.05, 4.69) is 4.98 Å². The fourth-order valence-electron chi connectivity index (χ4n) is 1.83. The summed E-state index contributed by atoms with van der Waals surface area (Å²) in [5.74, 6) is 0. The summed E-state index contributed by atoms with van der Waals surface area (Å²) in [6.07, 6.45) is 3.49. The van der Waals surface area contributed by atoms with Crippen LogP contribution in [0.25, 0.3) is 10.2 Å². The molecule has 0 N–H and O–H groups in total. The molecule has 4 heteroatoms. The number of rotatable bonds is 2. The average Bonchev–Trinajstić information content (AvgIpc) is 2.68. The molecule has 0 radical (unpaired) electrons. The zero-order chi connectivity index (χ0) is 11.7. The van der Waals surface area contributed by atoms with Gasteiger partial charge in [0.1, 0.15) is 0 Å². The molecule has 1 aromatic carbocycles. The van der Waals surface area contributed by atoms with Gasteiger partial charge in [-0.25, -0.2) is 0 Å². The lowest BCUT2D eigenvalue weighted by molar-refractivity contribution is 0.814. The molecule has 84 valence electrons. The molecule has 0 spiro atoms. The molecule has 17 heavy (non-hydrogen) atoms. The van der Waals surface area contributed by atoms with Gasteiger partial charge in [0.2, 0.25) is 0 Å². The SMILES string of the molecule is O=c1sc2ccccc2n1Cc1ccncc1. The van der Waals surface area contributed by atoms with Crippen molar-refractivity contribution in [3.8, 4) is 0 Å². The van der Waals surface area contributed by atoms with Gasteiger partial charge < -0.3 is 0 Å². The summed E-state index contributed by atoms with van der Waals surface area (Å²) in [4.78, 5) is 16.0. The van der Waals surface area contributed by atoms with Crippen LogP contribution >= 0.6 is 11.3 Å². The van der Waals surface area contributed by atoms with Crippen molar-refractivity contribution in [1.29, 1.82) is 0 Å². The third-order valence-electron chi connectivity index (χ3n) is 2.66. The summed E-state index contributed by atoms with van der Waals surface area (Å²) in [7, 11) is 0. The highest BCUT2D eigenvalue weighted by molar-refractivity contribution is 7.16. The molecule has 0 atom stereocenters. The van der Waals surface area contributed by atoms with Crippen molar-refractivity contribution in [3.63, 3.8) is 0 Å². The van der Waals surface area contributed by atoms with Crippen LogP contribution in [0.3, 0.4) is 0 Å².